The summed E-state index contributed by atoms with van der Waals surface area (Å²) < 4.78 is 5.49. The molecule has 0 aliphatic rings. The zero-order valence-corrected chi connectivity index (χ0v) is 9.11. The Labute approximate surface area is 98.0 Å². The summed E-state index contributed by atoms with van der Waals surface area (Å²) in [5.74, 6) is 1.16. The Kier molecular flexibility index (Phi) is 2.88. The van der Waals surface area contributed by atoms with Gasteiger partial charge < -0.3 is 15.6 Å². The molecule has 2 rings (SSSR count). The van der Waals surface area contributed by atoms with Gasteiger partial charge in [-0.05, 0) is 36.4 Å². The molecule has 0 amide bonds. The summed E-state index contributed by atoms with van der Waals surface area (Å²) in [6.45, 7) is 0. The van der Waals surface area contributed by atoms with Gasteiger partial charge in [0.15, 0.2) is 0 Å². The van der Waals surface area contributed by atoms with Gasteiger partial charge in [0.05, 0.1) is 5.02 Å². The summed E-state index contributed by atoms with van der Waals surface area (Å²) in [5, 5.41) is 9.69. The van der Waals surface area contributed by atoms with Crippen LogP contribution in [0.2, 0.25) is 5.02 Å². The standard InChI is InChI=1S/C12H10ClNO2/c13-11-6-5-10(7-12(11)15)16-9-3-1-8(14)2-4-9/h1-7,15H,14H2. The van der Waals surface area contributed by atoms with Crippen LogP contribution in [0.5, 0.6) is 17.2 Å². The third kappa shape index (κ3) is 2.38. The summed E-state index contributed by atoms with van der Waals surface area (Å²) in [6, 6.07) is 11.7. The number of ether oxygens (including phenoxy) is 1. The van der Waals surface area contributed by atoms with E-state index in [1.54, 1.807) is 36.4 Å². The first-order valence-electron chi connectivity index (χ1n) is 4.67. The van der Waals surface area contributed by atoms with Gasteiger partial charge in [0, 0.05) is 11.8 Å². The molecular weight excluding hydrogens is 226 g/mol. The van der Waals surface area contributed by atoms with Gasteiger partial charge >= 0.3 is 0 Å². The van der Waals surface area contributed by atoms with Crippen molar-refractivity contribution in [3.8, 4) is 17.2 Å². The highest BCUT2D eigenvalue weighted by Gasteiger charge is 2.02. The SMILES string of the molecule is Nc1ccc(Oc2ccc(Cl)c(O)c2)cc1. The van der Waals surface area contributed by atoms with Crippen LogP contribution in [0.4, 0.5) is 5.69 Å². The first-order valence-corrected chi connectivity index (χ1v) is 5.05. The van der Waals surface area contributed by atoms with E-state index in [1.807, 2.05) is 0 Å². The number of hydrogen-bond donors (Lipinski definition) is 2. The molecule has 0 saturated heterocycles. The van der Waals surface area contributed by atoms with Gasteiger partial charge in [0.2, 0.25) is 0 Å². The molecule has 2 aromatic carbocycles. The fourth-order valence-corrected chi connectivity index (χ4v) is 1.35. The van der Waals surface area contributed by atoms with E-state index in [9.17, 15) is 5.11 Å². The molecule has 0 unspecified atom stereocenters. The molecule has 0 aromatic heterocycles. The minimum atomic E-state index is -0.00499. The lowest BCUT2D eigenvalue weighted by molar-refractivity contribution is 0.455. The van der Waals surface area contributed by atoms with Crippen molar-refractivity contribution in [3.63, 3.8) is 0 Å². The van der Waals surface area contributed by atoms with Crippen LogP contribution in [-0.2, 0) is 0 Å². The van der Waals surface area contributed by atoms with E-state index in [0.29, 0.717) is 22.2 Å². The third-order valence-corrected chi connectivity index (χ3v) is 2.35. The molecule has 3 N–H and O–H groups in total. The van der Waals surface area contributed by atoms with Crippen molar-refractivity contribution in [2.75, 3.05) is 5.73 Å². The van der Waals surface area contributed by atoms with E-state index < -0.39 is 0 Å². The van der Waals surface area contributed by atoms with Crippen LogP contribution >= 0.6 is 11.6 Å². The molecule has 2 aromatic rings. The fraction of sp³-hybridized carbons (Fsp3) is 0. The van der Waals surface area contributed by atoms with Gasteiger partial charge in [0.25, 0.3) is 0 Å². The largest absolute Gasteiger partial charge is 0.506 e. The number of aromatic hydroxyl groups is 1. The van der Waals surface area contributed by atoms with Crippen LogP contribution in [0, 0.1) is 0 Å². The second-order valence-electron chi connectivity index (χ2n) is 3.28. The summed E-state index contributed by atoms with van der Waals surface area (Å²) in [7, 11) is 0. The summed E-state index contributed by atoms with van der Waals surface area (Å²) in [4.78, 5) is 0. The van der Waals surface area contributed by atoms with Gasteiger partial charge in [-0.25, -0.2) is 0 Å². The molecule has 4 heteroatoms. The quantitative estimate of drug-likeness (QED) is 0.785. The maximum Gasteiger partial charge on any atom is 0.137 e. The minimum Gasteiger partial charge on any atom is -0.506 e. The van der Waals surface area contributed by atoms with Crippen molar-refractivity contribution in [1.82, 2.24) is 0 Å². The molecule has 0 fully saturated rings. The lowest BCUT2D eigenvalue weighted by Gasteiger charge is -2.06. The second kappa shape index (κ2) is 4.33. The Bertz CT molecular complexity index is 497. The first kappa shape index (κ1) is 10.6. The normalized spacial score (nSPS) is 10.1. The minimum absolute atomic E-state index is 0.00499. The van der Waals surface area contributed by atoms with Gasteiger partial charge in [-0.2, -0.15) is 0 Å². The fourth-order valence-electron chi connectivity index (χ4n) is 1.23. The van der Waals surface area contributed by atoms with Crippen LogP contribution in [-0.4, -0.2) is 5.11 Å². The molecule has 0 spiro atoms. The van der Waals surface area contributed by atoms with Crippen molar-refractivity contribution in [2.45, 2.75) is 0 Å². The third-order valence-electron chi connectivity index (χ3n) is 2.03. The highest BCUT2D eigenvalue weighted by atomic mass is 35.5. The van der Waals surface area contributed by atoms with E-state index in [1.165, 1.54) is 6.07 Å². The number of nitrogens with two attached hydrogens (primary N) is 1. The van der Waals surface area contributed by atoms with E-state index in [4.69, 9.17) is 22.1 Å². The van der Waals surface area contributed by atoms with Crippen LogP contribution in [0.1, 0.15) is 0 Å². The van der Waals surface area contributed by atoms with Crippen molar-refractivity contribution in [3.05, 3.63) is 47.5 Å². The average Bonchev–Trinajstić information content (AvgIpc) is 2.27. The summed E-state index contributed by atoms with van der Waals surface area (Å²) >= 11 is 5.68. The number of rotatable bonds is 2. The molecule has 0 bridgehead atoms. The molecular formula is C12H10ClNO2. The summed E-state index contributed by atoms with van der Waals surface area (Å²) in [5.41, 5.74) is 6.22. The van der Waals surface area contributed by atoms with Crippen LogP contribution in [0.3, 0.4) is 0 Å². The highest BCUT2D eigenvalue weighted by Crippen LogP contribution is 2.30. The number of phenolic OH excluding ortho intramolecular Hbond substituents is 1. The molecule has 0 radical (unpaired) electrons. The molecule has 0 aliphatic carbocycles. The monoisotopic (exact) mass is 235 g/mol. The van der Waals surface area contributed by atoms with E-state index >= 15 is 0 Å². The number of halogens is 1. The lowest BCUT2D eigenvalue weighted by Crippen LogP contribution is -1.86. The van der Waals surface area contributed by atoms with Crippen LogP contribution < -0.4 is 10.5 Å². The highest BCUT2D eigenvalue weighted by molar-refractivity contribution is 6.32. The summed E-state index contributed by atoms with van der Waals surface area (Å²) in [6.07, 6.45) is 0. The Balaban J connectivity index is 2.20. The van der Waals surface area contributed by atoms with Gasteiger partial charge in [0.1, 0.15) is 17.2 Å². The van der Waals surface area contributed by atoms with Crippen molar-refractivity contribution in [1.29, 1.82) is 0 Å². The molecule has 3 nitrogen and oxygen atoms in total. The maximum absolute atomic E-state index is 9.39. The van der Waals surface area contributed by atoms with Gasteiger partial charge in [-0.1, -0.05) is 11.6 Å². The predicted octanol–water partition coefficient (Wildman–Crippen LogP) is 3.42. The molecule has 0 heterocycles. The Morgan fingerprint density at radius 3 is 2.25 bits per heavy atom. The lowest BCUT2D eigenvalue weighted by atomic mass is 10.3. The average molecular weight is 236 g/mol. The number of hydrogen-bond acceptors (Lipinski definition) is 3. The Morgan fingerprint density at radius 2 is 1.62 bits per heavy atom. The number of benzene rings is 2. The Hall–Kier alpha value is -1.87. The predicted molar refractivity (Wildman–Crippen MR) is 64.0 cm³/mol. The molecule has 0 atom stereocenters. The topological polar surface area (TPSA) is 55.5 Å². The number of phenols is 1. The van der Waals surface area contributed by atoms with E-state index in [-0.39, 0.29) is 5.75 Å². The zero-order valence-electron chi connectivity index (χ0n) is 8.35. The van der Waals surface area contributed by atoms with Crippen LogP contribution in [0.25, 0.3) is 0 Å². The second-order valence-corrected chi connectivity index (χ2v) is 3.69. The van der Waals surface area contributed by atoms with Crippen LogP contribution in [0.15, 0.2) is 42.5 Å². The molecule has 16 heavy (non-hydrogen) atoms. The van der Waals surface area contributed by atoms with Gasteiger partial charge in [-0.3, -0.25) is 0 Å². The van der Waals surface area contributed by atoms with Crippen molar-refractivity contribution >= 4 is 17.3 Å². The van der Waals surface area contributed by atoms with Gasteiger partial charge in [-0.15, -0.1) is 0 Å². The first-order chi connectivity index (χ1) is 7.65. The van der Waals surface area contributed by atoms with Crippen molar-refractivity contribution in [2.24, 2.45) is 0 Å². The Morgan fingerprint density at radius 1 is 1.00 bits per heavy atom. The van der Waals surface area contributed by atoms with Crippen molar-refractivity contribution < 1.29 is 9.84 Å². The number of nitrogen functional groups attached to an aromatic ring is 1. The van der Waals surface area contributed by atoms with E-state index in [2.05, 4.69) is 0 Å². The smallest absolute Gasteiger partial charge is 0.137 e. The number of anilines is 1. The zero-order chi connectivity index (χ0) is 11.5. The molecule has 0 saturated carbocycles. The van der Waals surface area contributed by atoms with E-state index in [0.717, 1.165) is 0 Å². The molecule has 82 valence electrons. The maximum atomic E-state index is 9.39. The molecule has 0 aliphatic heterocycles.